The van der Waals surface area contributed by atoms with E-state index in [0.29, 0.717) is 0 Å². The van der Waals surface area contributed by atoms with Gasteiger partial charge >= 0.3 is 0 Å². The van der Waals surface area contributed by atoms with Gasteiger partial charge in [-0.3, -0.25) is 4.90 Å². The Morgan fingerprint density at radius 2 is 1.56 bits per heavy atom. The number of rotatable bonds is 6. The lowest BCUT2D eigenvalue weighted by molar-refractivity contribution is 0.112. The Morgan fingerprint density at radius 3 is 2.11 bits per heavy atom. The van der Waals surface area contributed by atoms with Gasteiger partial charge in [-0.25, -0.2) is 0 Å². The summed E-state index contributed by atoms with van der Waals surface area (Å²) in [5.41, 5.74) is 5.46. The second-order valence-corrected chi connectivity index (χ2v) is 7.30. The molecule has 1 fully saturated rings. The van der Waals surface area contributed by atoms with Gasteiger partial charge in [0.05, 0.1) is 0 Å². The number of benzene rings is 1. The minimum Gasteiger partial charge on any atom is -0.318 e. The fraction of sp³-hybridized carbons (Fsp3) is 0.545. The zero-order valence-corrected chi connectivity index (χ0v) is 18.8. The molecule has 1 aliphatic rings. The first-order valence-electron chi connectivity index (χ1n) is 9.83. The summed E-state index contributed by atoms with van der Waals surface area (Å²) in [5.74, 6) is 0. The summed E-state index contributed by atoms with van der Waals surface area (Å²) in [6, 6.07) is 13.9. The van der Waals surface area contributed by atoms with Gasteiger partial charge in [0, 0.05) is 29.7 Å². The van der Waals surface area contributed by atoms with Gasteiger partial charge < -0.3 is 9.47 Å². The number of piperidine rings is 1. The number of hydrogen-bond acceptors (Lipinski definition) is 2. The molecule has 0 atom stereocenters. The molecule has 0 unspecified atom stereocenters. The third-order valence-electron chi connectivity index (χ3n) is 5.83. The molecule has 0 saturated carbocycles. The topological polar surface area (TPSA) is 11.4 Å². The van der Waals surface area contributed by atoms with E-state index in [2.05, 4.69) is 78.5 Å². The highest BCUT2D eigenvalue weighted by atomic mass is 35.5. The Balaban J connectivity index is 0.00000182. The molecule has 3 nitrogen and oxygen atoms in total. The average molecular weight is 412 g/mol. The molecule has 27 heavy (non-hydrogen) atoms. The lowest BCUT2D eigenvalue weighted by atomic mass is 10.0. The van der Waals surface area contributed by atoms with Gasteiger partial charge in [0.15, 0.2) is 0 Å². The van der Waals surface area contributed by atoms with Crippen molar-refractivity contribution in [3.63, 3.8) is 0 Å². The molecule has 0 radical (unpaired) electrons. The number of aromatic nitrogens is 1. The molecule has 0 spiro atoms. The lowest BCUT2D eigenvalue weighted by Crippen LogP contribution is -2.44. The van der Waals surface area contributed by atoms with Crippen LogP contribution in [0.4, 0.5) is 0 Å². The van der Waals surface area contributed by atoms with Crippen molar-refractivity contribution >= 4 is 24.8 Å². The molecule has 152 valence electrons. The van der Waals surface area contributed by atoms with Crippen molar-refractivity contribution in [1.29, 1.82) is 0 Å². The van der Waals surface area contributed by atoms with Crippen molar-refractivity contribution in [2.24, 2.45) is 0 Å². The maximum absolute atomic E-state index is 2.64. The molecule has 1 saturated heterocycles. The first kappa shape index (κ1) is 24.0. The molecular formula is C22H35Cl2N3. The van der Waals surface area contributed by atoms with Crippen molar-refractivity contribution in [3.05, 3.63) is 53.3 Å². The van der Waals surface area contributed by atoms with Crippen LogP contribution in [0, 0.1) is 13.8 Å². The van der Waals surface area contributed by atoms with Crippen LogP contribution >= 0.6 is 24.8 Å². The van der Waals surface area contributed by atoms with Crippen LogP contribution in [0.25, 0.3) is 5.69 Å². The third kappa shape index (κ3) is 5.51. The van der Waals surface area contributed by atoms with Crippen LogP contribution < -0.4 is 0 Å². The summed E-state index contributed by atoms with van der Waals surface area (Å²) in [6.45, 7) is 14.9. The molecule has 1 aromatic carbocycles. The number of para-hydroxylation sites is 1. The molecule has 3 rings (SSSR count). The summed E-state index contributed by atoms with van der Waals surface area (Å²) in [6.07, 6.45) is 2.61. The summed E-state index contributed by atoms with van der Waals surface area (Å²) in [7, 11) is 0. The number of nitrogens with zero attached hydrogens (tertiary/aromatic N) is 3. The van der Waals surface area contributed by atoms with Gasteiger partial charge in [-0.15, -0.1) is 24.8 Å². The van der Waals surface area contributed by atoms with Gasteiger partial charge in [0.2, 0.25) is 0 Å². The highest BCUT2D eigenvalue weighted by Crippen LogP contribution is 2.24. The van der Waals surface area contributed by atoms with E-state index in [9.17, 15) is 0 Å². The monoisotopic (exact) mass is 411 g/mol. The van der Waals surface area contributed by atoms with Crippen LogP contribution in [0.5, 0.6) is 0 Å². The second-order valence-electron chi connectivity index (χ2n) is 7.30. The quantitative estimate of drug-likeness (QED) is 0.643. The molecule has 1 aromatic heterocycles. The third-order valence-corrected chi connectivity index (χ3v) is 5.83. The predicted molar refractivity (Wildman–Crippen MR) is 121 cm³/mol. The Kier molecular flexibility index (Phi) is 9.89. The minimum absolute atomic E-state index is 0. The smallest absolute Gasteiger partial charge is 0.0455 e. The van der Waals surface area contributed by atoms with E-state index in [0.717, 1.165) is 12.6 Å². The van der Waals surface area contributed by atoms with E-state index >= 15 is 0 Å². The standard InChI is InChI=1S/C22H33N3.2ClH/c1-5-24(6-2)21-12-14-23(15-13-21)17-20-16-18(3)25(19(20)4)22-10-8-7-9-11-22;;/h7-11,16,21H,5-6,12-15,17H2,1-4H3;2*1H. The zero-order valence-electron chi connectivity index (χ0n) is 17.1. The van der Waals surface area contributed by atoms with Crippen molar-refractivity contribution in [3.8, 4) is 5.69 Å². The Morgan fingerprint density at radius 1 is 0.963 bits per heavy atom. The van der Waals surface area contributed by atoms with Gasteiger partial charge in [-0.1, -0.05) is 32.0 Å². The molecule has 2 aromatic rings. The Labute approximate surface area is 177 Å². The number of aryl methyl sites for hydroxylation is 1. The normalized spacial score (nSPS) is 15.4. The summed E-state index contributed by atoms with van der Waals surface area (Å²) >= 11 is 0. The van der Waals surface area contributed by atoms with E-state index in [4.69, 9.17) is 0 Å². The zero-order chi connectivity index (χ0) is 17.8. The minimum atomic E-state index is 0. The van der Waals surface area contributed by atoms with Crippen LogP contribution in [0.3, 0.4) is 0 Å². The lowest BCUT2D eigenvalue weighted by Gasteiger charge is -2.37. The van der Waals surface area contributed by atoms with E-state index in [1.54, 1.807) is 0 Å². The van der Waals surface area contributed by atoms with E-state index in [1.165, 1.54) is 61.7 Å². The number of halogens is 2. The molecule has 0 amide bonds. The van der Waals surface area contributed by atoms with Gasteiger partial charge in [0.25, 0.3) is 0 Å². The van der Waals surface area contributed by atoms with Crippen LogP contribution in [-0.2, 0) is 6.54 Å². The van der Waals surface area contributed by atoms with Crippen LogP contribution in [0.2, 0.25) is 0 Å². The fourth-order valence-electron chi connectivity index (χ4n) is 4.39. The van der Waals surface area contributed by atoms with Gasteiger partial charge in [-0.05, 0) is 76.6 Å². The molecular weight excluding hydrogens is 377 g/mol. The number of likely N-dealkylation sites (tertiary alicyclic amines) is 1. The number of hydrogen-bond donors (Lipinski definition) is 0. The molecule has 1 aliphatic heterocycles. The molecule has 0 aliphatic carbocycles. The highest BCUT2D eigenvalue weighted by molar-refractivity contribution is 5.85. The maximum Gasteiger partial charge on any atom is 0.0455 e. The summed E-state index contributed by atoms with van der Waals surface area (Å²) in [4.78, 5) is 5.26. The Hall–Kier alpha value is -1.000. The first-order valence-corrected chi connectivity index (χ1v) is 9.83. The summed E-state index contributed by atoms with van der Waals surface area (Å²) in [5, 5.41) is 0. The highest BCUT2D eigenvalue weighted by Gasteiger charge is 2.23. The van der Waals surface area contributed by atoms with Gasteiger partial charge in [0.1, 0.15) is 0 Å². The summed E-state index contributed by atoms with van der Waals surface area (Å²) < 4.78 is 2.39. The Bertz CT molecular complexity index is 672. The van der Waals surface area contributed by atoms with E-state index < -0.39 is 0 Å². The van der Waals surface area contributed by atoms with Crippen molar-refractivity contribution in [2.45, 2.75) is 53.1 Å². The van der Waals surface area contributed by atoms with Crippen molar-refractivity contribution in [1.82, 2.24) is 14.4 Å². The molecule has 0 N–H and O–H groups in total. The molecule has 2 heterocycles. The SMILES string of the molecule is CCN(CC)C1CCN(Cc2cc(C)n(-c3ccccc3)c2C)CC1.Cl.Cl. The van der Waals surface area contributed by atoms with Gasteiger partial charge in [-0.2, -0.15) is 0 Å². The van der Waals surface area contributed by atoms with Crippen molar-refractivity contribution < 1.29 is 0 Å². The largest absolute Gasteiger partial charge is 0.318 e. The predicted octanol–water partition coefficient (Wildman–Crippen LogP) is 5.24. The van der Waals surface area contributed by atoms with Crippen LogP contribution in [0.15, 0.2) is 36.4 Å². The van der Waals surface area contributed by atoms with Crippen LogP contribution in [-0.4, -0.2) is 46.6 Å². The van der Waals surface area contributed by atoms with E-state index in [-0.39, 0.29) is 24.8 Å². The van der Waals surface area contributed by atoms with E-state index in [1.807, 2.05) is 0 Å². The second kappa shape index (κ2) is 11.1. The average Bonchev–Trinajstić information content (AvgIpc) is 2.91. The molecule has 0 bridgehead atoms. The molecule has 5 heteroatoms. The fourth-order valence-corrected chi connectivity index (χ4v) is 4.39. The van der Waals surface area contributed by atoms with Crippen LogP contribution in [0.1, 0.15) is 43.6 Å². The first-order chi connectivity index (χ1) is 12.1. The van der Waals surface area contributed by atoms with Crippen molar-refractivity contribution in [2.75, 3.05) is 26.2 Å². The maximum atomic E-state index is 2.64.